The van der Waals surface area contributed by atoms with E-state index in [9.17, 15) is 19.8 Å². The van der Waals surface area contributed by atoms with Crippen molar-refractivity contribution >= 4 is 71.4 Å². The number of hydrogen-bond acceptors (Lipinski definition) is 15. The number of nitrogens with two attached hydrogens (primary N) is 1. The van der Waals surface area contributed by atoms with Gasteiger partial charge in [0.2, 0.25) is 10.4 Å². The molecular weight excluding hydrogens is 624 g/mol. The van der Waals surface area contributed by atoms with Crippen LogP contribution in [-0.2, 0) is 27.9 Å². The molecule has 1 fully saturated rings. The fourth-order valence-corrected chi connectivity index (χ4v) is 6.55. The molecule has 4 N–H and O–H groups in total. The number of fused-ring (bicyclic) bond motifs is 1. The summed E-state index contributed by atoms with van der Waals surface area (Å²) >= 11 is 7.88. The predicted octanol–water partition coefficient (Wildman–Crippen LogP) is 2.03. The van der Waals surface area contributed by atoms with Crippen LogP contribution in [0.25, 0.3) is 0 Å². The lowest BCUT2D eigenvalue weighted by molar-refractivity contribution is -0.124. The van der Waals surface area contributed by atoms with E-state index < -0.39 is 55.4 Å². The number of aliphatic hydroxyl groups excluding tert-OH is 1. The van der Waals surface area contributed by atoms with Gasteiger partial charge in [-0.05, 0) is 39.3 Å². The largest absolute Gasteiger partial charge is 0.395 e. The lowest BCUT2D eigenvalue weighted by Gasteiger charge is -2.31. The van der Waals surface area contributed by atoms with Gasteiger partial charge in [-0.1, -0.05) is 23.5 Å². The number of aliphatic imine (C=N–C) groups is 3. The quantitative estimate of drug-likeness (QED) is 0.133. The van der Waals surface area contributed by atoms with E-state index in [2.05, 4.69) is 15.0 Å². The summed E-state index contributed by atoms with van der Waals surface area (Å²) in [6.07, 6.45) is -2.20. The molecule has 0 aromatic carbocycles. The van der Waals surface area contributed by atoms with Crippen molar-refractivity contribution in [1.82, 2.24) is 4.90 Å². The van der Waals surface area contributed by atoms with Crippen LogP contribution < -0.4 is 5.73 Å². The van der Waals surface area contributed by atoms with E-state index in [4.69, 9.17) is 35.6 Å². The van der Waals surface area contributed by atoms with Crippen LogP contribution in [-0.4, -0.2) is 117 Å². The lowest BCUT2D eigenvalue weighted by atomic mass is 9.97. The van der Waals surface area contributed by atoms with Crippen LogP contribution >= 0.6 is 43.7 Å². The molecule has 0 radical (unpaired) electrons. The van der Waals surface area contributed by atoms with Crippen LogP contribution in [0.2, 0.25) is 0 Å². The zero-order valence-corrected chi connectivity index (χ0v) is 26.4. The first-order valence-electron chi connectivity index (χ1n) is 12.8. The van der Waals surface area contributed by atoms with Gasteiger partial charge in [-0.25, -0.2) is 14.4 Å². The van der Waals surface area contributed by atoms with Crippen LogP contribution in [0.3, 0.4) is 0 Å². The van der Waals surface area contributed by atoms with Gasteiger partial charge in [-0.3, -0.25) is 14.6 Å². The SMILES string of the molecule is CC(C)(O)C(=O)SCCOP(OCCSC(=O)C(C)(C)CO)OCC1CC(F)C(N2C=NC3C(N)=NC(Cl)=NC32)O1. The zero-order chi connectivity index (χ0) is 30.4. The van der Waals surface area contributed by atoms with Crippen molar-refractivity contribution in [2.75, 3.05) is 37.9 Å². The highest BCUT2D eigenvalue weighted by Crippen LogP contribution is 2.42. The first-order chi connectivity index (χ1) is 19.2. The number of carbonyl (C=O) groups excluding carboxylic acids is 2. The number of nitrogens with zero attached hydrogens (tertiary/aromatic N) is 4. The molecule has 0 bridgehead atoms. The van der Waals surface area contributed by atoms with E-state index in [1.165, 1.54) is 25.1 Å². The number of rotatable bonds is 15. The number of amidine groups is 2. The number of alkyl halides is 1. The molecule has 18 heteroatoms. The number of carbonyl (C=O) groups is 2. The van der Waals surface area contributed by atoms with Crippen LogP contribution in [0.1, 0.15) is 34.1 Å². The fourth-order valence-electron chi connectivity index (χ4n) is 3.60. The van der Waals surface area contributed by atoms with E-state index in [1.54, 1.807) is 13.8 Å². The second kappa shape index (κ2) is 15.2. The molecule has 232 valence electrons. The molecule has 0 aliphatic carbocycles. The van der Waals surface area contributed by atoms with Crippen LogP contribution in [0.15, 0.2) is 15.0 Å². The Morgan fingerprint density at radius 3 is 2.46 bits per heavy atom. The monoisotopic (exact) mass is 659 g/mol. The maximum atomic E-state index is 15.0. The molecule has 0 amide bonds. The van der Waals surface area contributed by atoms with Gasteiger partial charge in [0, 0.05) is 17.9 Å². The van der Waals surface area contributed by atoms with Gasteiger partial charge in [0.25, 0.3) is 0 Å². The Bertz CT molecular complexity index is 1040. The molecule has 6 unspecified atom stereocenters. The second-order valence-corrected chi connectivity index (χ2v) is 14.2. The second-order valence-electron chi connectivity index (χ2n) is 10.5. The van der Waals surface area contributed by atoms with Crippen molar-refractivity contribution in [3.05, 3.63) is 0 Å². The highest BCUT2D eigenvalue weighted by atomic mass is 35.5. The molecule has 3 heterocycles. The summed E-state index contributed by atoms with van der Waals surface area (Å²) < 4.78 is 38.2. The first kappa shape index (κ1) is 34.5. The van der Waals surface area contributed by atoms with E-state index in [0.29, 0.717) is 5.75 Å². The molecule has 0 aromatic rings. The van der Waals surface area contributed by atoms with Crippen molar-refractivity contribution in [2.24, 2.45) is 26.1 Å². The van der Waals surface area contributed by atoms with E-state index in [1.807, 2.05) is 0 Å². The van der Waals surface area contributed by atoms with Gasteiger partial charge < -0.3 is 39.2 Å². The van der Waals surface area contributed by atoms with Crippen molar-refractivity contribution in [3.8, 4) is 0 Å². The Morgan fingerprint density at radius 1 is 1.22 bits per heavy atom. The predicted molar refractivity (Wildman–Crippen MR) is 158 cm³/mol. The molecule has 0 aromatic heterocycles. The third kappa shape index (κ3) is 9.78. The average molecular weight is 660 g/mol. The Labute approximate surface area is 252 Å². The van der Waals surface area contributed by atoms with Crippen molar-refractivity contribution < 1.29 is 42.5 Å². The molecule has 1 saturated heterocycles. The van der Waals surface area contributed by atoms with Gasteiger partial charge in [-0.2, -0.15) is 0 Å². The summed E-state index contributed by atoms with van der Waals surface area (Å²) in [7, 11) is -1.94. The van der Waals surface area contributed by atoms with E-state index in [0.717, 1.165) is 23.5 Å². The number of halogens is 2. The maximum absolute atomic E-state index is 15.0. The molecular formula is C23H36ClFN5O8PS2. The minimum absolute atomic E-state index is 0.0348. The minimum Gasteiger partial charge on any atom is -0.395 e. The highest BCUT2D eigenvalue weighted by Gasteiger charge is 2.47. The van der Waals surface area contributed by atoms with E-state index in [-0.39, 0.29) is 54.8 Å². The summed E-state index contributed by atoms with van der Waals surface area (Å²) in [6.45, 7) is 5.96. The standard InChI is InChI=1S/C23H36ClFN5O8PS2/c1-22(2,11-31)19(32)40-7-5-35-39(36-6-8-41-20(33)23(3,4)34)37-10-13-9-14(25)18(38-13)30-12-27-15-16(26)28-21(24)29-17(15)30/h12-15,17-18,31,34H,5-11H2,1-4H3,(H2,26,28,29). The van der Waals surface area contributed by atoms with Crippen molar-refractivity contribution in [3.63, 3.8) is 0 Å². The molecule has 13 nitrogen and oxygen atoms in total. The van der Waals surface area contributed by atoms with Crippen LogP contribution in [0.4, 0.5) is 4.39 Å². The molecule has 6 atom stereocenters. The third-order valence-corrected chi connectivity index (χ3v) is 9.62. The third-order valence-electron chi connectivity index (χ3n) is 5.97. The molecule has 0 spiro atoms. The average Bonchev–Trinajstić information content (AvgIpc) is 3.48. The summed E-state index contributed by atoms with van der Waals surface area (Å²) in [5.74, 6) is 0.720. The summed E-state index contributed by atoms with van der Waals surface area (Å²) in [4.78, 5) is 38.1. The van der Waals surface area contributed by atoms with E-state index >= 15 is 4.39 Å². The van der Waals surface area contributed by atoms with Gasteiger partial charge in [-0.15, -0.1) is 0 Å². The summed E-state index contributed by atoms with van der Waals surface area (Å²) in [5.41, 5.74) is 3.55. The van der Waals surface area contributed by atoms with Crippen LogP contribution in [0, 0.1) is 5.41 Å². The van der Waals surface area contributed by atoms with Gasteiger partial charge in [0.1, 0.15) is 23.7 Å². The number of hydrogen-bond donors (Lipinski definition) is 3. The zero-order valence-electron chi connectivity index (χ0n) is 23.1. The first-order valence-corrected chi connectivity index (χ1v) is 16.2. The molecule has 0 saturated carbocycles. The lowest BCUT2D eigenvalue weighted by Crippen LogP contribution is -2.50. The Kier molecular flexibility index (Phi) is 12.8. The molecule has 3 aliphatic rings. The topological polar surface area (TPSA) is 178 Å². The Hall–Kier alpha value is -0.940. The normalized spacial score (nSPS) is 27.0. The maximum Gasteiger partial charge on any atom is 0.332 e. The Morgan fingerprint density at radius 2 is 1.85 bits per heavy atom. The number of ether oxygens (including phenoxy) is 1. The molecule has 41 heavy (non-hydrogen) atoms. The fraction of sp³-hybridized carbons (Fsp3) is 0.783. The molecule has 3 aliphatic heterocycles. The number of aliphatic hydroxyl groups is 2. The van der Waals surface area contributed by atoms with Gasteiger partial charge in [0.05, 0.1) is 44.3 Å². The van der Waals surface area contributed by atoms with Crippen LogP contribution in [0.5, 0.6) is 0 Å². The van der Waals surface area contributed by atoms with Crippen molar-refractivity contribution in [1.29, 1.82) is 0 Å². The Balaban J connectivity index is 1.51. The highest BCUT2D eigenvalue weighted by molar-refractivity contribution is 8.14. The van der Waals surface area contributed by atoms with Gasteiger partial charge in [0.15, 0.2) is 17.5 Å². The van der Waals surface area contributed by atoms with Crippen molar-refractivity contribution in [2.45, 2.75) is 70.4 Å². The summed E-state index contributed by atoms with van der Waals surface area (Å²) in [6, 6.07) is -0.577. The van der Waals surface area contributed by atoms with Gasteiger partial charge >= 0.3 is 8.60 Å². The minimum atomic E-state index is -1.94. The summed E-state index contributed by atoms with van der Waals surface area (Å²) in [5, 5.41) is 18.5. The smallest absolute Gasteiger partial charge is 0.332 e. The number of thioether (sulfide) groups is 2. The molecule has 3 rings (SSSR count).